The van der Waals surface area contributed by atoms with Crippen molar-refractivity contribution in [1.82, 2.24) is 20.1 Å². The number of nitrogens with zero attached hydrogens (tertiary/aromatic N) is 3. The van der Waals surface area contributed by atoms with E-state index in [1.165, 1.54) is 44.2 Å². The Labute approximate surface area is 129 Å². The van der Waals surface area contributed by atoms with Crippen LogP contribution in [0.4, 0.5) is 4.39 Å². The quantitative estimate of drug-likeness (QED) is 0.941. The largest absolute Gasteiger partial charge is 0.290 e. The van der Waals surface area contributed by atoms with Crippen LogP contribution < -0.4 is 0 Å². The van der Waals surface area contributed by atoms with Crippen LogP contribution in [0.3, 0.4) is 0 Å². The number of hydrogen-bond donors (Lipinski definition) is 1. The summed E-state index contributed by atoms with van der Waals surface area (Å²) >= 11 is 0. The molecular formula is C17H21FN4. The zero-order chi connectivity index (χ0) is 14.9. The van der Waals surface area contributed by atoms with Crippen LogP contribution >= 0.6 is 0 Å². The topological polar surface area (TPSA) is 44.8 Å². The van der Waals surface area contributed by atoms with Gasteiger partial charge in [0.05, 0.1) is 6.04 Å². The second kappa shape index (κ2) is 5.80. The van der Waals surface area contributed by atoms with Crippen molar-refractivity contribution in [3.05, 3.63) is 47.3 Å². The molecule has 1 aliphatic heterocycles. The van der Waals surface area contributed by atoms with Gasteiger partial charge in [0.1, 0.15) is 11.6 Å². The molecule has 1 atom stereocenters. The second-order valence-electron chi connectivity index (χ2n) is 6.40. The fraction of sp³-hybridized carbons (Fsp3) is 0.529. The Hall–Kier alpha value is -1.75. The highest BCUT2D eigenvalue weighted by molar-refractivity contribution is 5.26. The van der Waals surface area contributed by atoms with Crippen LogP contribution in [0.1, 0.15) is 61.3 Å². The summed E-state index contributed by atoms with van der Waals surface area (Å²) in [6, 6.07) is 6.81. The highest BCUT2D eigenvalue weighted by Crippen LogP contribution is 2.39. The SMILES string of the molecule is Fc1ccc(C(c2n[nH]c(C3CC3)n2)N2CCCCC2)cc1. The Morgan fingerprint density at radius 1 is 1.09 bits per heavy atom. The number of benzene rings is 1. The number of piperidine rings is 1. The third-order valence-corrected chi connectivity index (χ3v) is 4.67. The van der Waals surface area contributed by atoms with E-state index < -0.39 is 0 Å². The average molecular weight is 300 g/mol. The maximum atomic E-state index is 13.3. The highest BCUT2D eigenvalue weighted by Gasteiger charge is 2.31. The highest BCUT2D eigenvalue weighted by atomic mass is 19.1. The summed E-state index contributed by atoms with van der Waals surface area (Å²) in [6.07, 6.45) is 6.11. The summed E-state index contributed by atoms with van der Waals surface area (Å²) < 4.78 is 13.3. The summed E-state index contributed by atoms with van der Waals surface area (Å²) in [6.45, 7) is 2.10. The number of aromatic amines is 1. The normalized spacial score (nSPS) is 21.0. The molecule has 1 aliphatic carbocycles. The predicted octanol–water partition coefficient (Wildman–Crippen LogP) is 3.40. The number of likely N-dealkylation sites (tertiary alicyclic amines) is 1. The molecule has 2 fully saturated rings. The van der Waals surface area contributed by atoms with E-state index >= 15 is 0 Å². The molecule has 4 rings (SSSR count). The van der Waals surface area contributed by atoms with Crippen molar-refractivity contribution in [3.63, 3.8) is 0 Å². The van der Waals surface area contributed by atoms with Gasteiger partial charge in [-0.05, 0) is 56.5 Å². The smallest absolute Gasteiger partial charge is 0.172 e. The third-order valence-electron chi connectivity index (χ3n) is 4.67. The molecule has 2 heterocycles. The molecule has 0 spiro atoms. The minimum absolute atomic E-state index is 0.0321. The molecule has 1 saturated heterocycles. The molecule has 1 saturated carbocycles. The van der Waals surface area contributed by atoms with Gasteiger partial charge < -0.3 is 0 Å². The van der Waals surface area contributed by atoms with Gasteiger partial charge in [-0.15, -0.1) is 0 Å². The van der Waals surface area contributed by atoms with E-state index in [2.05, 4.69) is 15.1 Å². The first-order valence-electron chi connectivity index (χ1n) is 8.23. The number of nitrogens with one attached hydrogen (secondary N) is 1. The van der Waals surface area contributed by atoms with Crippen molar-refractivity contribution in [2.24, 2.45) is 0 Å². The number of H-pyrrole nitrogens is 1. The predicted molar refractivity (Wildman–Crippen MR) is 82.0 cm³/mol. The summed E-state index contributed by atoms with van der Waals surface area (Å²) in [5.74, 6) is 2.21. The zero-order valence-electron chi connectivity index (χ0n) is 12.6. The minimum Gasteiger partial charge on any atom is -0.290 e. The summed E-state index contributed by atoms with van der Waals surface area (Å²) in [7, 11) is 0. The van der Waals surface area contributed by atoms with Gasteiger partial charge in [-0.1, -0.05) is 18.6 Å². The van der Waals surface area contributed by atoms with E-state index in [0.717, 1.165) is 30.3 Å². The standard InChI is InChI=1S/C17H21FN4/c18-14-8-6-12(7-9-14)15(22-10-2-1-3-11-22)17-19-16(20-21-17)13-4-5-13/h6-9,13,15H,1-5,10-11H2,(H,19,20,21). The van der Waals surface area contributed by atoms with E-state index in [9.17, 15) is 4.39 Å². The van der Waals surface area contributed by atoms with Gasteiger partial charge in [0.15, 0.2) is 5.82 Å². The molecule has 22 heavy (non-hydrogen) atoms. The molecule has 2 aromatic rings. The monoisotopic (exact) mass is 300 g/mol. The zero-order valence-corrected chi connectivity index (χ0v) is 12.6. The number of aromatic nitrogens is 3. The van der Waals surface area contributed by atoms with Crippen molar-refractivity contribution in [2.75, 3.05) is 13.1 Å². The summed E-state index contributed by atoms with van der Waals surface area (Å²) in [5.41, 5.74) is 1.07. The van der Waals surface area contributed by atoms with Gasteiger partial charge in [-0.25, -0.2) is 9.37 Å². The second-order valence-corrected chi connectivity index (χ2v) is 6.40. The molecule has 1 N–H and O–H groups in total. The fourth-order valence-electron chi connectivity index (χ4n) is 3.29. The number of rotatable bonds is 4. The van der Waals surface area contributed by atoms with Crippen LogP contribution in [0.2, 0.25) is 0 Å². The van der Waals surface area contributed by atoms with Gasteiger partial charge in [0.2, 0.25) is 0 Å². The number of halogens is 1. The van der Waals surface area contributed by atoms with Gasteiger partial charge in [-0.2, -0.15) is 5.10 Å². The molecule has 0 bridgehead atoms. The van der Waals surface area contributed by atoms with Gasteiger partial charge in [-0.3, -0.25) is 10.00 Å². The molecule has 4 nitrogen and oxygen atoms in total. The van der Waals surface area contributed by atoms with Crippen molar-refractivity contribution in [2.45, 2.75) is 44.1 Å². The average Bonchev–Trinajstić information content (AvgIpc) is 3.30. The number of hydrogen-bond acceptors (Lipinski definition) is 3. The van der Waals surface area contributed by atoms with Crippen LogP contribution in [0.5, 0.6) is 0 Å². The Morgan fingerprint density at radius 2 is 1.82 bits per heavy atom. The fourth-order valence-corrected chi connectivity index (χ4v) is 3.29. The van der Waals surface area contributed by atoms with Crippen molar-refractivity contribution < 1.29 is 4.39 Å². The van der Waals surface area contributed by atoms with Crippen molar-refractivity contribution in [1.29, 1.82) is 0 Å². The first-order valence-corrected chi connectivity index (χ1v) is 8.23. The molecule has 2 aliphatic rings. The van der Waals surface area contributed by atoms with Gasteiger partial charge in [0.25, 0.3) is 0 Å². The molecular weight excluding hydrogens is 279 g/mol. The van der Waals surface area contributed by atoms with Crippen LogP contribution in [-0.4, -0.2) is 33.2 Å². The first kappa shape index (κ1) is 13.9. The lowest BCUT2D eigenvalue weighted by Crippen LogP contribution is -2.35. The third kappa shape index (κ3) is 2.77. The Balaban J connectivity index is 1.67. The van der Waals surface area contributed by atoms with Crippen LogP contribution in [0, 0.1) is 5.82 Å². The maximum absolute atomic E-state index is 13.3. The lowest BCUT2D eigenvalue weighted by Gasteiger charge is -2.33. The Bertz CT molecular complexity index is 626. The maximum Gasteiger partial charge on any atom is 0.172 e. The molecule has 0 amide bonds. The lowest BCUT2D eigenvalue weighted by atomic mass is 10.0. The molecule has 1 aromatic heterocycles. The van der Waals surface area contributed by atoms with E-state index in [1.54, 1.807) is 0 Å². The molecule has 0 radical (unpaired) electrons. The van der Waals surface area contributed by atoms with Gasteiger partial charge >= 0.3 is 0 Å². The lowest BCUT2D eigenvalue weighted by molar-refractivity contribution is 0.181. The van der Waals surface area contributed by atoms with Crippen molar-refractivity contribution in [3.8, 4) is 0 Å². The summed E-state index contributed by atoms with van der Waals surface area (Å²) in [4.78, 5) is 7.17. The van der Waals surface area contributed by atoms with Crippen molar-refractivity contribution >= 4 is 0 Å². The Kier molecular flexibility index (Phi) is 3.66. The van der Waals surface area contributed by atoms with Crippen LogP contribution in [0.25, 0.3) is 0 Å². The minimum atomic E-state index is -0.199. The molecule has 1 unspecified atom stereocenters. The molecule has 116 valence electrons. The van der Waals surface area contributed by atoms with E-state index in [-0.39, 0.29) is 11.9 Å². The van der Waals surface area contributed by atoms with E-state index in [0.29, 0.717) is 5.92 Å². The van der Waals surface area contributed by atoms with E-state index in [4.69, 9.17) is 4.98 Å². The van der Waals surface area contributed by atoms with Crippen LogP contribution in [0.15, 0.2) is 24.3 Å². The first-order chi connectivity index (χ1) is 10.8. The summed E-state index contributed by atoms with van der Waals surface area (Å²) in [5, 5.41) is 7.59. The van der Waals surface area contributed by atoms with E-state index in [1.807, 2.05) is 12.1 Å². The van der Waals surface area contributed by atoms with Gasteiger partial charge in [0, 0.05) is 5.92 Å². The molecule has 1 aromatic carbocycles. The Morgan fingerprint density at radius 3 is 2.50 bits per heavy atom. The van der Waals surface area contributed by atoms with Crippen LogP contribution in [-0.2, 0) is 0 Å². The molecule has 5 heteroatoms.